The SMILES string of the molecule is CSCCC(N)C(=O)NC(C(=O)NC(CCSC)C(=O)NC(Cc1ccc(O)cc1)C(=O)O)C(C)O. The predicted octanol–water partition coefficient (Wildman–Crippen LogP) is -0.312. The Morgan fingerprint density at radius 3 is 1.97 bits per heavy atom. The fourth-order valence-corrected chi connectivity index (χ4v) is 4.11. The second kappa shape index (κ2) is 16.3. The lowest BCUT2D eigenvalue weighted by Crippen LogP contribution is -2.60. The molecule has 11 nitrogen and oxygen atoms in total. The molecule has 0 bridgehead atoms. The number of nitrogens with two attached hydrogens (primary N) is 1. The van der Waals surface area contributed by atoms with E-state index in [1.807, 2.05) is 12.5 Å². The summed E-state index contributed by atoms with van der Waals surface area (Å²) >= 11 is 2.95. The summed E-state index contributed by atoms with van der Waals surface area (Å²) < 4.78 is 0. The summed E-state index contributed by atoms with van der Waals surface area (Å²) in [7, 11) is 0. The molecule has 0 heterocycles. The first-order valence-electron chi connectivity index (χ1n) is 11.3. The van der Waals surface area contributed by atoms with Crippen LogP contribution >= 0.6 is 23.5 Å². The number of benzene rings is 1. The fraction of sp³-hybridized carbons (Fsp3) is 0.565. The number of aliphatic hydroxyl groups excluding tert-OH is 1. The van der Waals surface area contributed by atoms with Crippen molar-refractivity contribution in [3.8, 4) is 5.75 Å². The Bertz CT molecular complexity index is 871. The van der Waals surface area contributed by atoms with Gasteiger partial charge in [0.2, 0.25) is 17.7 Å². The van der Waals surface area contributed by atoms with Gasteiger partial charge in [-0.05, 0) is 61.5 Å². The molecule has 0 radical (unpaired) electrons. The number of carboxylic acids is 1. The van der Waals surface area contributed by atoms with Gasteiger partial charge in [0.15, 0.2) is 0 Å². The molecule has 202 valence electrons. The van der Waals surface area contributed by atoms with Crippen LogP contribution in [0.2, 0.25) is 0 Å². The summed E-state index contributed by atoms with van der Waals surface area (Å²) in [5.74, 6) is -2.21. The molecule has 0 aliphatic rings. The van der Waals surface area contributed by atoms with E-state index >= 15 is 0 Å². The van der Waals surface area contributed by atoms with E-state index in [-0.39, 0.29) is 18.6 Å². The van der Waals surface area contributed by atoms with Gasteiger partial charge in [-0.2, -0.15) is 23.5 Å². The molecule has 1 rings (SSSR count). The quantitative estimate of drug-likeness (QED) is 0.145. The highest BCUT2D eigenvalue weighted by Crippen LogP contribution is 2.12. The van der Waals surface area contributed by atoms with Crippen LogP contribution in [0.4, 0.5) is 0 Å². The molecule has 36 heavy (non-hydrogen) atoms. The number of aromatic hydroxyl groups is 1. The largest absolute Gasteiger partial charge is 0.508 e. The van der Waals surface area contributed by atoms with E-state index in [1.165, 1.54) is 42.6 Å². The molecule has 0 aromatic heterocycles. The van der Waals surface area contributed by atoms with Gasteiger partial charge in [-0.1, -0.05) is 12.1 Å². The summed E-state index contributed by atoms with van der Waals surface area (Å²) in [5.41, 5.74) is 6.43. The van der Waals surface area contributed by atoms with E-state index in [1.54, 1.807) is 12.1 Å². The van der Waals surface area contributed by atoms with Crippen LogP contribution in [0.1, 0.15) is 25.3 Å². The average molecular weight is 545 g/mol. The molecule has 0 saturated carbocycles. The van der Waals surface area contributed by atoms with Crippen LogP contribution in [0, 0.1) is 0 Å². The molecule has 1 aromatic carbocycles. The third-order valence-electron chi connectivity index (χ3n) is 5.27. The third kappa shape index (κ3) is 11.1. The molecule has 0 spiro atoms. The zero-order valence-electron chi connectivity index (χ0n) is 20.6. The normalized spacial score (nSPS) is 15.1. The lowest BCUT2D eigenvalue weighted by atomic mass is 10.0. The van der Waals surface area contributed by atoms with Gasteiger partial charge in [-0.25, -0.2) is 4.79 Å². The van der Waals surface area contributed by atoms with Crippen LogP contribution in [-0.4, -0.2) is 93.3 Å². The number of hydrogen-bond acceptors (Lipinski definition) is 9. The van der Waals surface area contributed by atoms with Gasteiger partial charge in [-0.3, -0.25) is 14.4 Å². The minimum absolute atomic E-state index is 0.0273. The number of hydrogen-bond donors (Lipinski definition) is 7. The number of rotatable bonds is 16. The number of carboxylic acid groups (broad SMARTS) is 1. The lowest BCUT2D eigenvalue weighted by molar-refractivity contribution is -0.142. The van der Waals surface area contributed by atoms with Crippen LogP contribution in [0.3, 0.4) is 0 Å². The second-order valence-corrected chi connectivity index (χ2v) is 10.2. The molecule has 5 atom stereocenters. The molecule has 1 aromatic rings. The van der Waals surface area contributed by atoms with Crippen molar-refractivity contribution in [3.05, 3.63) is 29.8 Å². The van der Waals surface area contributed by atoms with Crippen LogP contribution in [0.5, 0.6) is 5.75 Å². The van der Waals surface area contributed by atoms with Crippen LogP contribution in [0.15, 0.2) is 24.3 Å². The van der Waals surface area contributed by atoms with Crippen molar-refractivity contribution < 1.29 is 34.5 Å². The standard InChI is InChI=1S/C23H36N4O7S2/c1-13(28)19(27-20(30)16(24)8-10-35-2)22(32)25-17(9-11-36-3)21(31)26-18(23(33)34)12-14-4-6-15(29)7-5-14/h4-7,13,16-19,28-29H,8-12,24H2,1-3H3,(H,25,32)(H,26,31)(H,27,30)(H,33,34). The molecule has 0 saturated heterocycles. The van der Waals surface area contributed by atoms with E-state index in [4.69, 9.17) is 5.73 Å². The average Bonchev–Trinajstić information content (AvgIpc) is 2.83. The number of nitrogens with one attached hydrogen (secondary N) is 3. The van der Waals surface area contributed by atoms with Crippen molar-refractivity contribution in [2.75, 3.05) is 24.0 Å². The van der Waals surface area contributed by atoms with Gasteiger partial charge in [0.25, 0.3) is 0 Å². The number of aliphatic hydroxyl groups is 1. The van der Waals surface area contributed by atoms with Gasteiger partial charge < -0.3 is 37.0 Å². The highest BCUT2D eigenvalue weighted by atomic mass is 32.2. The zero-order chi connectivity index (χ0) is 27.3. The molecule has 3 amide bonds. The monoisotopic (exact) mass is 544 g/mol. The van der Waals surface area contributed by atoms with Crippen molar-refractivity contribution in [1.82, 2.24) is 16.0 Å². The molecule has 0 aliphatic carbocycles. The summed E-state index contributed by atoms with van der Waals surface area (Å²) in [5, 5.41) is 36.5. The molecular weight excluding hydrogens is 508 g/mol. The molecule has 8 N–H and O–H groups in total. The number of carbonyl (C=O) groups excluding carboxylic acids is 3. The maximum absolute atomic E-state index is 13.0. The predicted molar refractivity (Wildman–Crippen MR) is 141 cm³/mol. The van der Waals surface area contributed by atoms with Crippen LogP contribution in [0.25, 0.3) is 0 Å². The van der Waals surface area contributed by atoms with Crippen LogP contribution in [-0.2, 0) is 25.6 Å². The molecule has 13 heteroatoms. The smallest absolute Gasteiger partial charge is 0.326 e. The van der Waals surface area contributed by atoms with Gasteiger partial charge in [-0.15, -0.1) is 0 Å². The van der Waals surface area contributed by atoms with Gasteiger partial charge >= 0.3 is 5.97 Å². The Kier molecular flexibility index (Phi) is 14.3. The first-order valence-corrected chi connectivity index (χ1v) is 14.1. The lowest BCUT2D eigenvalue weighted by Gasteiger charge is -2.26. The van der Waals surface area contributed by atoms with E-state index < -0.39 is 54.0 Å². The number of carbonyl (C=O) groups is 4. The molecular formula is C23H36N4O7S2. The number of phenols is 1. The Labute approximate surface area is 219 Å². The number of amides is 3. The molecule has 0 fully saturated rings. The first kappa shape index (κ1) is 31.5. The molecule has 5 unspecified atom stereocenters. The van der Waals surface area contributed by atoms with E-state index in [0.717, 1.165) is 0 Å². The summed E-state index contributed by atoms with van der Waals surface area (Å²) in [6.45, 7) is 1.33. The highest BCUT2D eigenvalue weighted by molar-refractivity contribution is 7.98. The fourth-order valence-electron chi connectivity index (χ4n) is 3.15. The minimum Gasteiger partial charge on any atom is -0.508 e. The van der Waals surface area contributed by atoms with Crippen molar-refractivity contribution in [1.29, 1.82) is 0 Å². The van der Waals surface area contributed by atoms with Crippen molar-refractivity contribution >= 4 is 47.2 Å². The van der Waals surface area contributed by atoms with Crippen molar-refractivity contribution in [2.45, 2.75) is 56.5 Å². The van der Waals surface area contributed by atoms with E-state index in [0.29, 0.717) is 23.5 Å². The number of aliphatic carboxylic acids is 1. The third-order valence-corrected chi connectivity index (χ3v) is 6.55. The second-order valence-electron chi connectivity index (χ2n) is 8.23. The maximum Gasteiger partial charge on any atom is 0.326 e. The van der Waals surface area contributed by atoms with Gasteiger partial charge in [0.1, 0.15) is 23.9 Å². The highest BCUT2D eigenvalue weighted by Gasteiger charge is 2.32. The van der Waals surface area contributed by atoms with Gasteiger partial charge in [0.05, 0.1) is 12.1 Å². The topological polar surface area (TPSA) is 191 Å². The van der Waals surface area contributed by atoms with Crippen molar-refractivity contribution in [3.63, 3.8) is 0 Å². The zero-order valence-corrected chi connectivity index (χ0v) is 22.2. The summed E-state index contributed by atoms with van der Waals surface area (Å²) in [6.07, 6.45) is 2.96. The first-order chi connectivity index (χ1) is 17.0. The van der Waals surface area contributed by atoms with Crippen LogP contribution < -0.4 is 21.7 Å². The van der Waals surface area contributed by atoms with Crippen molar-refractivity contribution in [2.24, 2.45) is 5.73 Å². The summed E-state index contributed by atoms with van der Waals surface area (Å²) in [6, 6.07) is 1.32. The maximum atomic E-state index is 13.0. The van der Waals surface area contributed by atoms with E-state index in [2.05, 4.69) is 16.0 Å². The Hall–Kier alpha value is -2.48. The Morgan fingerprint density at radius 2 is 1.44 bits per heavy atom. The minimum atomic E-state index is -1.35. The Balaban J connectivity index is 2.94. The summed E-state index contributed by atoms with van der Waals surface area (Å²) in [4.78, 5) is 50.0. The number of thioether (sulfide) groups is 2. The Morgan fingerprint density at radius 1 is 0.889 bits per heavy atom. The van der Waals surface area contributed by atoms with E-state index in [9.17, 15) is 34.5 Å². The van der Waals surface area contributed by atoms with Gasteiger partial charge in [0, 0.05) is 6.42 Å². The number of phenolic OH excluding ortho intramolecular Hbond substituents is 1. The molecule has 0 aliphatic heterocycles.